The molecule has 0 aliphatic heterocycles. The fraction of sp³-hybridized carbons (Fsp3) is 0.308. The first-order valence-electron chi connectivity index (χ1n) is 11.1. The number of nitrogens with two attached hydrogens (primary N) is 1. The number of hydrogen-bond donors (Lipinski definition) is 4. The van der Waals surface area contributed by atoms with Gasteiger partial charge in [0.2, 0.25) is 5.88 Å². The molecule has 2 aromatic carbocycles. The third-order valence-corrected chi connectivity index (χ3v) is 5.85. The first-order chi connectivity index (χ1) is 16.6. The largest absolute Gasteiger partial charge is 0.508 e. The number of ether oxygens (including phenoxy) is 1. The normalized spacial score (nSPS) is 17.8. The van der Waals surface area contributed by atoms with Crippen LogP contribution in [0.15, 0.2) is 29.3 Å². The molecule has 0 saturated heterocycles. The van der Waals surface area contributed by atoms with Crippen molar-refractivity contribution in [3.8, 4) is 35.2 Å². The van der Waals surface area contributed by atoms with Crippen molar-refractivity contribution in [2.24, 2.45) is 4.99 Å². The van der Waals surface area contributed by atoms with Crippen LogP contribution in [0.4, 0.5) is 14.5 Å². The number of aromatic hydroxyl groups is 1. The molecular weight excluding hydrogens is 454 g/mol. The number of aliphatic hydroxyl groups is 1. The highest BCUT2D eigenvalue weighted by Gasteiger charge is 2.31. The van der Waals surface area contributed by atoms with Crippen molar-refractivity contribution < 1.29 is 23.7 Å². The molecular formula is C26H26F2N4O3. The molecule has 0 bridgehead atoms. The van der Waals surface area contributed by atoms with Crippen molar-refractivity contribution in [3.63, 3.8) is 0 Å². The van der Waals surface area contributed by atoms with Gasteiger partial charge < -0.3 is 26.0 Å². The van der Waals surface area contributed by atoms with Crippen LogP contribution in [-0.2, 0) is 0 Å². The Hall–Kier alpha value is -3.90. The molecule has 182 valence electrons. The van der Waals surface area contributed by atoms with Gasteiger partial charge in [-0.3, -0.25) is 4.99 Å². The van der Waals surface area contributed by atoms with Crippen molar-refractivity contribution in [3.05, 3.63) is 47.0 Å². The number of amidine groups is 1. The molecule has 1 fully saturated rings. The number of phenolic OH excluding ortho intramolecular Hbond substituents is 1. The van der Waals surface area contributed by atoms with Crippen molar-refractivity contribution in [2.45, 2.75) is 44.9 Å². The summed E-state index contributed by atoms with van der Waals surface area (Å²) in [5.74, 6) is 0.843. The van der Waals surface area contributed by atoms with E-state index in [-0.39, 0.29) is 63.1 Å². The zero-order chi connectivity index (χ0) is 25.4. The number of aliphatic imine (C=N–C) groups is 1. The van der Waals surface area contributed by atoms with Gasteiger partial charge in [-0.05, 0) is 50.3 Å². The quantitative estimate of drug-likeness (QED) is 0.252. The van der Waals surface area contributed by atoms with Crippen LogP contribution in [-0.4, -0.2) is 46.3 Å². The Bertz CT molecular complexity index is 1380. The molecule has 35 heavy (non-hydrogen) atoms. The Balaban J connectivity index is 1.97. The summed E-state index contributed by atoms with van der Waals surface area (Å²) in [6, 6.07) is 5.22. The average Bonchev–Trinajstić information content (AvgIpc) is 2.78. The highest BCUT2D eigenvalue weighted by Crippen LogP contribution is 2.40. The van der Waals surface area contributed by atoms with E-state index in [1.165, 1.54) is 31.3 Å². The number of nitrogens with one attached hydrogen (secondary N) is 1. The summed E-state index contributed by atoms with van der Waals surface area (Å²) in [6.07, 6.45) is 5.85. The van der Waals surface area contributed by atoms with Crippen LogP contribution in [0.1, 0.15) is 37.8 Å². The van der Waals surface area contributed by atoms with Crippen LogP contribution in [0.25, 0.3) is 22.0 Å². The lowest BCUT2D eigenvalue weighted by molar-refractivity contribution is 0.0699. The van der Waals surface area contributed by atoms with Gasteiger partial charge in [-0.25, -0.2) is 13.8 Å². The van der Waals surface area contributed by atoms with E-state index in [1.807, 2.05) is 0 Å². The van der Waals surface area contributed by atoms with Gasteiger partial charge in [0.05, 0.1) is 23.5 Å². The second-order valence-electron chi connectivity index (χ2n) is 8.73. The number of benzene rings is 2. The van der Waals surface area contributed by atoms with E-state index in [4.69, 9.17) is 16.9 Å². The topological polar surface area (TPSA) is 113 Å². The predicted molar refractivity (Wildman–Crippen MR) is 131 cm³/mol. The third kappa shape index (κ3) is 4.45. The van der Waals surface area contributed by atoms with Crippen LogP contribution in [0.2, 0.25) is 0 Å². The van der Waals surface area contributed by atoms with E-state index in [0.29, 0.717) is 18.2 Å². The summed E-state index contributed by atoms with van der Waals surface area (Å²) < 4.78 is 36.3. The van der Waals surface area contributed by atoms with Crippen LogP contribution < -0.4 is 15.8 Å². The molecule has 0 atom stereocenters. The zero-order valence-corrected chi connectivity index (χ0v) is 19.6. The molecule has 0 unspecified atom stereocenters. The summed E-state index contributed by atoms with van der Waals surface area (Å²) in [5.41, 5.74) is 5.86. The number of nitrogens with zero attached hydrogens (tertiary/aromatic N) is 2. The lowest BCUT2D eigenvalue weighted by Gasteiger charge is -2.33. The number of fused-ring (bicyclic) bond motifs is 1. The molecule has 7 nitrogen and oxygen atoms in total. The van der Waals surface area contributed by atoms with Crippen molar-refractivity contribution in [1.82, 2.24) is 10.3 Å². The molecule has 4 rings (SSSR count). The van der Waals surface area contributed by atoms with Crippen LogP contribution in [0.3, 0.4) is 0 Å². The number of nitrogen functional groups attached to an aromatic ring is 1. The summed E-state index contributed by atoms with van der Waals surface area (Å²) in [6.45, 7) is 3.55. The molecule has 9 heteroatoms. The summed E-state index contributed by atoms with van der Waals surface area (Å²) in [5, 5.41) is 23.7. The molecule has 3 aromatic rings. The van der Waals surface area contributed by atoms with Crippen molar-refractivity contribution >= 4 is 22.3 Å². The van der Waals surface area contributed by atoms with Crippen molar-refractivity contribution in [1.29, 1.82) is 0 Å². The molecule has 1 aliphatic rings. The maximum atomic E-state index is 15.9. The second-order valence-corrected chi connectivity index (χ2v) is 8.73. The lowest BCUT2D eigenvalue weighted by atomic mass is 9.89. The highest BCUT2D eigenvalue weighted by molar-refractivity contribution is 6.07. The van der Waals surface area contributed by atoms with Gasteiger partial charge in [-0.15, -0.1) is 6.42 Å². The summed E-state index contributed by atoms with van der Waals surface area (Å²) in [4.78, 5) is 8.65. The second kappa shape index (κ2) is 9.39. The third-order valence-electron chi connectivity index (χ3n) is 5.85. The van der Waals surface area contributed by atoms with Gasteiger partial charge in [-0.2, -0.15) is 0 Å². The number of rotatable bonds is 5. The molecule has 0 spiro atoms. The van der Waals surface area contributed by atoms with E-state index in [2.05, 4.69) is 21.2 Å². The molecule has 1 heterocycles. The molecule has 5 N–H and O–H groups in total. The number of hydrogen-bond acceptors (Lipinski definition) is 6. The average molecular weight is 481 g/mol. The highest BCUT2D eigenvalue weighted by atomic mass is 19.1. The number of halogens is 2. The van der Waals surface area contributed by atoms with Gasteiger partial charge in [0.25, 0.3) is 0 Å². The number of terminal acetylenes is 1. The smallest absolute Gasteiger partial charge is 0.227 e. The predicted octanol–water partition coefficient (Wildman–Crippen LogP) is 3.73. The number of aliphatic hydroxyl groups excluding tert-OH is 1. The van der Waals surface area contributed by atoms with E-state index in [1.54, 1.807) is 13.8 Å². The van der Waals surface area contributed by atoms with Gasteiger partial charge in [-0.1, -0.05) is 12.0 Å². The Morgan fingerprint density at radius 1 is 1.31 bits per heavy atom. The Morgan fingerprint density at radius 3 is 2.63 bits per heavy atom. The van der Waals surface area contributed by atoms with E-state index >= 15 is 4.39 Å². The van der Waals surface area contributed by atoms with Gasteiger partial charge in [0.15, 0.2) is 5.82 Å². The van der Waals surface area contributed by atoms with E-state index < -0.39 is 17.7 Å². The number of aromatic nitrogens is 1. The molecule has 1 aliphatic carbocycles. The summed E-state index contributed by atoms with van der Waals surface area (Å²) in [7, 11) is 1.52. The monoisotopic (exact) mass is 480 g/mol. The maximum Gasteiger partial charge on any atom is 0.227 e. The minimum absolute atomic E-state index is 0.0111. The number of anilines is 1. The molecule has 0 radical (unpaired) electrons. The van der Waals surface area contributed by atoms with Gasteiger partial charge in [0.1, 0.15) is 28.7 Å². The fourth-order valence-electron chi connectivity index (χ4n) is 4.18. The van der Waals surface area contributed by atoms with Gasteiger partial charge in [0, 0.05) is 24.0 Å². The van der Waals surface area contributed by atoms with Crippen LogP contribution >= 0.6 is 0 Å². The van der Waals surface area contributed by atoms with Gasteiger partial charge >= 0.3 is 0 Å². The maximum absolute atomic E-state index is 15.9. The Kier molecular flexibility index (Phi) is 6.50. The van der Waals surface area contributed by atoms with Crippen LogP contribution in [0, 0.1) is 24.0 Å². The fourth-order valence-corrected chi connectivity index (χ4v) is 4.18. The molecule has 1 aromatic heterocycles. The van der Waals surface area contributed by atoms with E-state index in [9.17, 15) is 14.6 Å². The lowest BCUT2D eigenvalue weighted by Crippen LogP contribution is -2.47. The first-order valence-corrected chi connectivity index (χ1v) is 11.1. The number of phenols is 1. The van der Waals surface area contributed by atoms with E-state index in [0.717, 1.165) is 0 Å². The Labute approximate surface area is 201 Å². The minimum atomic E-state index is -0.896. The number of pyridine rings is 1. The summed E-state index contributed by atoms with van der Waals surface area (Å²) >= 11 is 0. The van der Waals surface area contributed by atoms with Crippen molar-refractivity contribution in [2.75, 3.05) is 12.8 Å². The molecule has 1 saturated carbocycles. The first kappa shape index (κ1) is 24.2. The Morgan fingerprint density at radius 2 is 2.03 bits per heavy atom. The molecule has 0 amide bonds. The standard InChI is InChI=1S/C26H26F2N4O3/c1-5-17-19(27)7-6-13-8-15(33)11-18(20(13)17)24-22(28)23(29)21(26(32-24)35-12(2)3)25(30-4)31-14-9-16(34)10-14/h1,6-8,11-12,14,16,33-34H,9-10H2,2-4H3,(H2,29,32)(H,30,31). The minimum Gasteiger partial charge on any atom is -0.508 e. The zero-order valence-electron chi connectivity index (χ0n) is 19.6. The SMILES string of the molecule is C#Cc1c(F)ccc2cc(O)cc(-c3nc(OC(C)C)c(C(=NC)NC4CC(O)C4)c(N)c3F)c12. The van der Waals surface area contributed by atoms with Crippen LogP contribution in [0.5, 0.6) is 11.6 Å².